The Kier molecular flexibility index (Phi) is 2.36. The molecule has 1 aliphatic carbocycles. The second kappa shape index (κ2) is 3.89. The number of aliphatic hydroxyl groups is 1. The minimum absolute atomic E-state index is 0.312. The normalized spacial score (nSPS) is 17.2. The van der Waals surface area contributed by atoms with Crippen LogP contribution in [0.25, 0.3) is 5.65 Å². The molecule has 0 amide bonds. The van der Waals surface area contributed by atoms with Gasteiger partial charge in [0.05, 0.1) is 12.3 Å². The third kappa shape index (κ3) is 2.03. The van der Waals surface area contributed by atoms with Crippen LogP contribution in [0.5, 0.6) is 0 Å². The first-order valence-electron chi connectivity index (χ1n) is 5.75. The van der Waals surface area contributed by atoms with Crippen LogP contribution in [0.4, 0.5) is 11.6 Å². The second-order valence-corrected chi connectivity index (χ2v) is 4.46. The van der Waals surface area contributed by atoms with Crippen molar-refractivity contribution in [3.05, 3.63) is 18.6 Å². The van der Waals surface area contributed by atoms with Gasteiger partial charge in [0.2, 0.25) is 0 Å². The summed E-state index contributed by atoms with van der Waals surface area (Å²) in [6.45, 7) is 0.490. The topological polar surface area (TPSA) is 88.5 Å². The Labute approximate surface area is 98.5 Å². The van der Waals surface area contributed by atoms with Crippen molar-refractivity contribution in [2.75, 3.05) is 17.6 Å². The Morgan fingerprint density at radius 1 is 1.59 bits per heavy atom. The Morgan fingerprint density at radius 3 is 3.18 bits per heavy atom. The number of nitrogens with two attached hydrogens (primary N) is 1. The maximum atomic E-state index is 9.79. The van der Waals surface area contributed by atoms with Gasteiger partial charge in [-0.1, -0.05) is 0 Å². The SMILES string of the molecule is Nc1cn2ccnc2c(NCC(O)C2CC2)n1. The van der Waals surface area contributed by atoms with Gasteiger partial charge in [0.1, 0.15) is 5.82 Å². The summed E-state index contributed by atoms with van der Waals surface area (Å²) in [4.78, 5) is 8.40. The molecule has 0 spiro atoms. The zero-order valence-electron chi connectivity index (χ0n) is 9.37. The molecule has 0 saturated heterocycles. The van der Waals surface area contributed by atoms with E-state index < -0.39 is 0 Å². The molecule has 1 unspecified atom stereocenters. The van der Waals surface area contributed by atoms with E-state index in [-0.39, 0.29) is 6.10 Å². The Bertz CT molecular complexity index is 534. The average Bonchev–Trinajstić information content (AvgIpc) is 3.05. The monoisotopic (exact) mass is 233 g/mol. The summed E-state index contributed by atoms with van der Waals surface area (Å²) in [6.07, 6.45) is 7.14. The fourth-order valence-electron chi connectivity index (χ4n) is 1.92. The lowest BCUT2D eigenvalue weighted by Gasteiger charge is -2.12. The van der Waals surface area contributed by atoms with Crippen molar-refractivity contribution in [1.82, 2.24) is 14.4 Å². The number of aliphatic hydroxyl groups excluding tert-OH is 1. The first-order valence-corrected chi connectivity index (χ1v) is 5.75. The fraction of sp³-hybridized carbons (Fsp3) is 0.455. The van der Waals surface area contributed by atoms with E-state index in [2.05, 4.69) is 15.3 Å². The minimum Gasteiger partial charge on any atom is -0.391 e. The number of hydrogen-bond acceptors (Lipinski definition) is 5. The molecule has 6 heteroatoms. The summed E-state index contributed by atoms with van der Waals surface area (Å²) < 4.78 is 1.81. The van der Waals surface area contributed by atoms with Crippen LogP contribution in [0.2, 0.25) is 0 Å². The molecule has 2 aromatic rings. The van der Waals surface area contributed by atoms with Gasteiger partial charge in [0.25, 0.3) is 0 Å². The van der Waals surface area contributed by atoms with E-state index >= 15 is 0 Å². The molecular formula is C11H15N5O. The maximum absolute atomic E-state index is 9.79. The molecule has 2 heterocycles. The molecule has 1 saturated carbocycles. The van der Waals surface area contributed by atoms with Crippen LogP contribution in [-0.2, 0) is 0 Å². The van der Waals surface area contributed by atoms with Crippen LogP contribution in [0.3, 0.4) is 0 Å². The molecule has 4 N–H and O–H groups in total. The maximum Gasteiger partial charge on any atom is 0.180 e. The van der Waals surface area contributed by atoms with Crippen LogP contribution >= 0.6 is 0 Å². The van der Waals surface area contributed by atoms with Gasteiger partial charge in [-0.15, -0.1) is 0 Å². The molecule has 0 aliphatic heterocycles. The standard InChI is InChI=1S/C11H15N5O/c12-9-6-16-4-3-13-11(16)10(15-9)14-5-8(17)7-1-2-7/h3-4,6-8,17H,1-2,5,12H2,(H,14,15). The zero-order chi connectivity index (χ0) is 11.8. The van der Waals surface area contributed by atoms with Crippen LogP contribution in [0, 0.1) is 5.92 Å². The summed E-state index contributed by atoms with van der Waals surface area (Å²) in [6, 6.07) is 0. The minimum atomic E-state index is -0.312. The number of nitrogen functional groups attached to an aromatic ring is 1. The van der Waals surface area contributed by atoms with Crippen LogP contribution in [0.15, 0.2) is 18.6 Å². The van der Waals surface area contributed by atoms with Gasteiger partial charge >= 0.3 is 0 Å². The van der Waals surface area contributed by atoms with Gasteiger partial charge < -0.3 is 20.6 Å². The van der Waals surface area contributed by atoms with Crippen molar-refractivity contribution in [3.63, 3.8) is 0 Å². The molecule has 17 heavy (non-hydrogen) atoms. The quantitative estimate of drug-likeness (QED) is 0.715. The summed E-state index contributed by atoms with van der Waals surface area (Å²) >= 11 is 0. The third-order valence-electron chi connectivity index (χ3n) is 3.04. The van der Waals surface area contributed by atoms with E-state index in [4.69, 9.17) is 5.73 Å². The number of hydrogen-bond donors (Lipinski definition) is 3. The van der Waals surface area contributed by atoms with Gasteiger partial charge in [-0.25, -0.2) is 9.97 Å². The Hall–Kier alpha value is -1.82. The smallest absolute Gasteiger partial charge is 0.180 e. The predicted octanol–water partition coefficient (Wildman–Crippen LogP) is 0.494. The number of rotatable bonds is 4. The summed E-state index contributed by atoms with van der Waals surface area (Å²) in [5.74, 6) is 1.49. The van der Waals surface area contributed by atoms with Gasteiger partial charge in [0, 0.05) is 18.9 Å². The largest absolute Gasteiger partial charge is 0.391 e. The number of nitrogens with zero attached hydrogens (tertiary/aromatic N) is 3. The highest BCUT2D eigenvalue weighted by atomic mass is 16.3. The van der Waals surface area contributed by atoms with E-state index in [1.54, 1.807) is 12.4 Å². The average molecular weight is 233 g/mol. The molecule has 90 valence electrons. The first kappa shape index (κ1) is 10.3. The molecule has 1 fully saturated rings. The first-order chi connectivity index (χ1) is 8.24. The van der Waals surface area contributed by atoms with Crippen molar-refractivity contribution in [2.45, 2.75) is 18.9 Å². The summed E-state index contributed by atoms with van der Waals surface area (Å²) in [7, 11) is 0. The molecule has 6 nitrogen and oxygen atoms in total. The van der Waals surface area contributed by atoms with E-state index in [1.165, 1.54) is 0 Å². The van der Waals surface area contributed by atoms with E-state index in [1.807, 2.05) is 10.6 Å². The van der Waals surface area contributed by atoms with E-state index in [0.717, 1.165) is 18.5 Å². The number of fused-ring (bicyclic) bond motifs is 1. The van der Waals surface area contributed by atoms with E-state index in [9.17, 15) is 5.11 Å². The Morgan fingerprint density at radius 2 is 2.41 bits per heavy atom. The zero-order valence-corrected chi connectivity index (χ0v) is 9.37. The number of nitrogens with one attached hydrogen (secondary N) is 1. The number of anilines is 2. The van der Waals surface area contributed by atoms with Gasteiger partial charge in [-0.3, -0.25) is 0 Å². The lowest BCUT2D eigenvalue weighted by atomic mass is 10.2. The molecule has 0 bridgehead atoms. The van der Waals surface area contributed by atoms with Crippen LogP contribution in [0.1, 0.15) is 12.8 Å². The molecule has 3 rings (SSSR count). The fourth-order valence-corrected chi connectivity index (χ4v) is 1.92. The Balaban J connectivity index is 1.80. The van der Waals surface area contributed by atoms with E-state index in [0.29, 0.717) is 24.1 Å². The summed E-state index contributed by atoms with van der Waals surface area (Å²) in [5, 5.41) is 12.9. The van der Waals surface area contributed by atoms with Crippen LogP contribution in [-0.4, -0.2) is 32.1 Å². The van der Waals surface area contributed by atoms with Crippen LogP contribution < -0.4 is 11.1 Å². The molecule has 1 aliphatic rings. The highest BCUT2D eigenvalue weighted by Gasteiger charge is 2.29. The van der Waals surface area contributed by atoms with Gasteiger partial charge in [0.15, 0.2) is 11.5 Å². The lowest BCUT2D eigenvalue weighted by Crippen LogP contribution is -2.22. The molecule has 1 atom stereocenters. The number of imidazole rings is 1. The molecule has 2 aromatic heterocycles. The molecule has 0 aromatic carbocycles. The van der Waals surface area contributed by atoms with Gasteiger partial charge in [-0.2, -0.15) is 0 Å². The third-order valence-corrected chi connectivity index (χ3v) is 3.04. The predicted molar refractivity (Wildman–Crippen MR) is 64.6 cm³/mol. The second-order valence-electron chi connectivity index (χ2n) is 4.46. The molecule has 0 radical (unpaired) electrons. The summed E-state index contributed by atoms with van der Waals surface area (Å²) in [5.41, 5.74) is 6.42. The van der Waals surface area contributed by atoms with Gasteiger partial charge in [-0.05, 0) is 18.8 Å². The van der Waals surface area contributed by atoms with Crippen molar-refractivity contribution >= 4 is 17.3 Å². The number of aromatic nitrogens is 3. The van der Waals surface area contributed by atoms with Crippen molar-refractivity contribution in [3.8, 4) is 0 Å². The van der Waals surface area contributed by atoms with Crippen molar-refractivity contribution in [1.29, 1.82) is 0 Å². The lowest BCUT2D eigenvalue weighted by molar-refractivity contribution is 0.164. The molecular weight excluding hydrogens is 218 g/mol. The highest BCUT2D eigenvalue weighted by molar-refractivity contribution is 5.64. The van der Waals surface area contributed by atoms with Crippen molar-refractivity contribution in [2.24, 2.45) is 5.92 Å². The van der Waals surface area contributed by atoms with Crippen molar-refractivity contribution < 1.29 is 5.11 Å². The highest BCUT2D eigenvalue weighted by Crippen LogP contribution is 2.32.